The fourth-order valence-corrected chi connectivity index (χ4v) is 2.44. The van der Waals surface area contributed by atoms with Crippen molar-refractivity contribution in [2.75, 3.05) is 12.4 Å². The molecule has 7 heteroatoms. The molecule has 7 nitrogen and oxygen atoms in total. The van der Waals surface area contributed by atoms with Crippen LogP contribution in [0.25, 0.3) is 10.8 Å². The normalized spacial score (nSPS) is 10.4. The maximum absolute atomic E-state index is 12.4. The molecule has 3 rings (SSSR count). The third-order valence-electron chi connectivity index (χ3n) is 3.73. The van der Waals surface area contributed by atoms with Gasteiger partial charge < -0.3 is 20.9 Å². The molecule has 4 N–H and O–H groups in total. The molecule has 0 spiro atoms. The van der Waals surface area contributed by atoms with Gasteiger partial charge in [-0.1, -0.05) is 24.3 Å². The van der Waals surface area contributed by atoms with E-state index in [0.717, 1.165) is 5.39 Å². The third-order valence-corrected chi connectivity index (χ3v) is 3.73. The van der Waals surface area contributed by atoms with Gasteiger partial charge in [0.15, 0.2) is 11.5 Å². The summed E-state index contributed by atoms with van der Waals surface area (Å²) in [4.78, 5) is 27.4. The molecule has 0 unspecified atom stereocenters. The highest BCUT2D eigenvalue weighted by atomic mass is 16.5. The van der Waals surface area contributed by atoms with E-state index in [0.29, 0.717) is 5.39 Å². The Bertz CT molecular complexity index is 968. The van der Waals surface area contributed by atoms with Crippen LogP contribution in [0, 0.1) is 0 Å². The van der Waals surface area contributed by atoms with Gasteiger partial charge in [0.25, 0.3) is 5.91 Å². The summed E-state index contributed by atoms with van der Waals surface area (Å²) in [6, 6.07) is 11.7. The molecule has 0 radical (unpaired) electrons. The quantitative estimate of drug-likeness (QED) is 0.632. The Kier molecular flexibility index (Phi) is 4.21. The first-order chi connectivity index (χ1) is 12.0. The van der Waals surface area contributed by atoms with Gasteiger partial charge >= 0.3 is 0 Å². The molecule has 0 saturated carbocycles. The zero-order chi connectivity index (χ0) is 18.0. The van der Waals surface area contributed by atoms with E-state index in [4.69, 9.17) is 10.5 Å². The largest absolute Gasteiger partial charge is 0.503 e. The molecule has 0 aliphatic heterocycles. The number of methoxy groups -OCH3 is 1. The maximum atomic E-state index is 12.4. The lowest BCUT2D eigenvalue weighted by Crippen LogP contribution is -2.16. The summed E-state index contributed by atoms with van der Waals surface area (Å²) in [7, 11) is 1.43. The van der Waals surface area contributed by atoms with E-state index in [9.17, 15) is 14.7 Å². The highest BCUT2D eigenvalue weighted by Gasteiger charge is 2.17. The average molecular weight is 337 g/mol. The maximum Gasteiger partial charge on any atom is 0.274 e. The number of benzene rings is 2. The van der Waals surface area contributed by atoms with Crippen molar-refractivity contribution in [2.45, 2.75) is 0 Å². The van der Waals surface area contributed by atoms with Crippen LogP contribution in [0.2, 0.25) is 0 Å². The van der Waals surface area contributed by atoms with E-state index in [1.807, 2.05) is 12.1 Å². The minimum absolute atomic E-state index is 0.0799. The van der Waals surface area contributed by atoms with Crippen molar-refractivity contribution >= 4 is 28.3 Å². The van der Waals surface area contributed by atoms with E-state index in [1.165, 1.54) is 25.4 Å². The van der Waals surface area contributed by atoms with Crippen molar-refractivity contribution < 1.29 is 19.4 Å². The van der Waals surface area contributed by atoms with Crippen molar-refractivity contribution in [1.29, 1.82) is 0 Å². The Morgan fingerprint density at radius 1 is 1.20 bits per heavy atom. The number of amides is 2. The fourth-order valence-electron chi connectivity index (χ4n) is 2.44. The number of pyridine rings is 1. The number of carbonyl (C=O) groups is 2. The number of phenols is 1. The van der Waals surface area contributed by atoms with Crippen molar-refractivity contribution in [3.8, 4) is 11.5 Å². The first-order valence-corrected chi connectivity index (χ1v) is 7.37. The van der Waals surface area contributed by atoms with E-state index >= 15 is 0 Å². The molecule has 1 aromatic heterocycles. The number of fused-ring (bicyclic) bond motifs is 1. The van der Waals surface area contributed by atoms with Gasteiger partial charge in [-0.15, -0.1) is 0 Å². The van der Waals surface area contributed by atoms with Gasteiger partial charge in [-0.2, -0.15) is 0 Å². The van der Waals surface area contributed by atoms with Crippen molar-refractivity contribution in [3.63, 3.8) is 0 Å². The molecule has 0 aliphatic carbocycles. The minimum atomic E-state index is -0.629. The van der Waals surface area contributed by atoms with Gasteiger partial charge in [0.1, 0.15) is 5.69 Å². The molecule has 2 amide bonds. The van der Waals surface area contributed by atoms with Crippen LogP contribution in [0.4, 0.5) is 5.69 Å². The number of nitrogens with two attached hydrogens (primary N) is 1. The zero-order valence-electron chi connectivity index (χ0n) is 13.3. The van der Waals surface area contributed by atoms with Gasteiger partial charge in [0, 0.05) is 11.6 Å². The van der Waals surface area contributed by atoms with E-state index in [1.54, 1.807) is 18.2 Å². The Balaban J connectivity index is 2.00. The van der Waals surface area contributed by atoms with Crippen molar-refractivity contribution in [2.24, 2.45) is 5.73 Å². The summed E-state index contributed by atoms with van der Waals surface area (Å²) in [6.45, 7) is 0. The van der Waals surface area contributed by atoms with Crippen LogP contribution in [0.3, 0.4) is 0 Å². The number of ether oxygens (including phenoxy) is 1. The second-order valence-electron chi connectivity index (χ2n) is 5.27. The average Bonchev–Trinajstić information content (AvgIpc) is 2.63. The predicted molar refractivity (Wildman–Crippen MR) is 92.9 cm³/mol. The molecule has 0 aliphatic rings. The Hall–Kier alpha value is -3.61. The van der Waals surface area contributed by atoms with Gasteiger partial charge in [-0.05, 0) is 23.6 Å². The minimum Gasteiger partial charge on any atom is -0.503 e. The van der Waals surface area contributed by atoms with Crippen LogP contribution < -0.4 is 15.8 Å². The number of anilines is 1. The number of hydrogen-bond acceptors (Lipinski definition) is 5. The topological polar surface area (TPSA) is 115 Å². The summed E-state index contributed by atoms with van der Waals surface area (Å²) in [5.41, 5.74) is 5.65. The highest BCUT2D eigenvalue weighted by molar-refractivity contribution is 6.10. The molecule has 0 atom stereocenters. The predicted octanol–water partition coefficient (Wildman–Crippen LogP) is 2.30. The van der Waals surface area contributed by atoms with E-state index in [-0.39, 0.29) is 28.4 Å². The lowest BCUT2D eigenvalue weighted by Gasteiger charge is -2.14. The fraction of sp³-hybridized carbons (Fsp3) is 0.0556. The molecular formula is C18H15N3O4. The molecular weight excluding hydrogens is 322 g/mol. The second kappa shape index (κ2) is 6.48. The number of rotatable bonds is 4. The molecule has 0 bridgehead atoms. The number of nitrogens with zero attached hydrogens (tertiary/aromatic N) is 1. The highest BCUT2D eigenvalue weighted by Crippen LogP contribution is 2.40. The second-order valence-corrected chi connectivity index (χ2v) is 5.27. The van der Waals surface area contributed by atoms with Crippen LogP contribution in [-0.4, -0.2) is 29.0 Å². The summed E-state index contributed by atoms with van der Waals surface area (Å²) < 4.78 is 5.15. The first-order valence-electron chi connectivity index (χ1n) is 7.37. The lowest BCUT2D eigenvalue weighted by molar-refractivity contribution is 0.0993. The van der Waals surface area contributed by atoms with Crippen LogP contribution in [-0.2, 0) is 0 Å². The molecule has 1 heterocycles. The number of primary amides is 1. The number of aromatic hydroxyl groups is 1. The summed E-state index contributed by atoms with van der Waals surface area (Å²) in [5, 5.41) is 14.5. The van der Waals surface area contributed by atoms with Crippen molar-refractivity contribution in [3.05, 3.63) is 59.9 Å². The van der Waals surface area contributed by atoms with Gasteiger partial charge in [0.2, 0.25) is 5.91 Å². The van der Waals surface area contributed by atoms with Gasteiger partial charge in [0.05, 0.1) is 18.4 Å². The Morgan fingerprint density at radius 3 is 2.60 bits per heavy atom. The van der Waals surface area contributed by atoms with Crippen LogP contribution in [0.1, 0.15) is 20.8 Å². The van der Waals surface area contributed by atoms with E-state index < -0.39 is 11.8 Å². The summed E-state index contributed by atoms with van der Waals surface area (Å²) in [5.74, 6) is -1.10. The third kappa shape index (κ3) is 3.07. The number of aromatic nitrogens is 1. The Morgan fingerprint density at radius 2 is 1.96 bits per heavy atom. The van der Waals surface area contributed by atoms with E-state index in [2.05, 4.69) is 10.3 Å². The Labute approximate surface area is 143 Å². The van der Waals surface area contributed by atoms with Gasteiger partial charge in [-0.25, -0.2) is 0 Å². The number of nitrogens with one attached hydrogen (secondary N) is 1. The molecule has 0 saturated heterocycles. The van der Waals surface area contributed by atoms with Crippen LogP contribution >= 0.6 is 0 Å². The van der Waals surface area contributed by atoms with Crippen LogP contribution in [0.15, 0.2) is 48.7 Å². The molecule has 126 valence electrons. The number of carbonyl (C=O) groups excluding carboxylic acids is 2. The molecule has 0 fully saturated rings. The number of hydrogen-bond donors (Lipinski definition) is 3. The smallest absolute Gasteiger partial charge is 0.274 e. The monoisotopic (exact) mass is 337 g/mol. The standard InChI is InChI=1S/C18H15N3O4/c1-25-14-8-10-4-2-3-5-12(10)15(16(14)22)21-18(24)13-7-6-11(9-20-13)17(19)23/h2-9,22H,1H3,(H2,19,23)(H,21,24). The molecule has 2 aromatic carbocycles. The summed E-state index contributed by atoms with van der Waals surface area (Å²) in [6.07, 6.45) is 1.22. The van der Waals surface area contributed by atoms with Crippen LogP contribution in [0.5, 0.6) is 11.5 Å². The van der Waals surface area contributed by atoms with Gasteiger partial charge in [-0.3, -0.25) is 14.6 Å². The number of phenolic OH excluding ortho intramolecular Hbond substituents is 1. The van der Waals surface area contributed by atoms with Crippen molar-refractivity contribution in [1.82, 2.24) is 4.98 Å². The lowest BCUT2D eigenvalue weighted by atomic mass is 10.1. The summed E-state index contributed by atoms with van der Waals surface area (Å²) >= 11 is 0. The molecule has 25 heavy (non-hydrogen) atoms. The molecule has 3 aromatic rings. The first kappa shape index (κ1) is 16.3. The SMILES string of the molecule is COc1cc2ccccc2c(NC(=O)c2ccc(C(N)=O)cn2)c1O. The zero-order valence-corrected chi connectivity index (χ0v) is 13.3.